The fraction of sp³-hybridized carbons (Fsp3) is 0.167. The highest BCUT2D eigenvalue weighted by Gasteiger charge is 2.44. The van der Waals surface area contributed by atoms with Crippen LogP contribution in [0.3, 0.4) is 0 Å². The largest absolute Gasteiger partial charge is 0.264 e. The molecule has 0 N–H and O–H groups in total. The number of hydrogen-bond acceptors (Lipinski definition) is 2. The molecule has 28 heavy (non-hydrogen) atoms. The highest BCUT2D eigenvalue weighted by Crippen LogP contribution is 2.51. The molecule has 4 rings (SSSR count). The van der Waals surface area contributed by atoms with Crippen molar-refractivity contribution in [1.29, 1.82) is 0 Å². The van der Waals surface area contributed by atoms with Crippen LogP contribution < -0.4 is 4.31 Å². The fourth-order valence-electron chi connectivity index (χ4n) is 3.90. The van der Waals surface area contributed by atoms with Crippen LogP contribution in [0.1, 0.15) is 34.2 Å². The number of benzene rings is 3. The zero-order valence-electron chi connectivity index (χ0n) is 16.0. The molecule has 0 amide bonds. The van der Waals surface area contributed by atoms with Crippen molar-refractivity contribution in [2.45, 2.75) is 30.7 Å². The molecule has 1 aliphatic rings. The number of nitrogens with zero attached hydrogens (tertiary/aromatic N) is 1. The van der Waals surface area contributed by atoms with Gasteiger partial charge in [-0.1, -0.05) is 71.8 Å². The third-order valence-corrected chi connectivity index (χ3v) is 7.19. The van der Waals surface area contributed by atoms with E-state index in [1.165, 1.54) is 0 Å². The van der Waals surface area contributed by atoms with Crippen molar-refractivity contribution in [2.75, 3.05) is 4.31 Å². The predicted molar refractivity (Wildman–Crippen MR) is 114 cm³/mol. The van der Waals surface area contributed by atoms with Gasteiger partial charge >= 0.3 is 0 Å². The normalized spacial score (nSPS) is 18.7. The number of sulfonamides is 1. The maximum absolute atomic E-state index is 13.7. The van der Waals surface area contributed by atoms with Crippen LogP contribution in [0, 0.1) is 13.8 Å². The molecule has 0 aliphatic carbocycles. The number of para-hydroxylation sites is 1. The number of hydrogen-bond donors (Lipinski definition) is 0. The molecule has 0 spiro atoms. The van der Waals surface area contributed by atoms with Gasteiger partial charge < -0.3 is 0 Å². The Balaban J connectivity index is 1.94. The molecule has 0 fully saturated rings. The van der Waals surface area contributed by atoms with E-state index in [4.69, 9.17) is 0 Å². The molecule has 4 heteroatoms. The second-order valence-corrected chi connectivity index (χ2v) is 9.10. The van der Waals surface area contributed by atoms with E-state index in [1.54, 1.807) is 16.4 Å². The molecular weight excluding hydrogens is 366 g/mol. The van der Waals surface area contributed by atoms with E-state index in [9.17, 15) is 8.42 Å². The predicted octanol–water partition coefficient (Wildman–Crippen LogP) is 5.52. The van der Waals surface area contributed by atoms with Crippen molar-refractivity contribution in [1.82, 2.24) is 0 Å². The first kappa shape index (κ1) is 18.5. The molecule has 0 radical (unpaired) electrons. The van der Waals surface area contributed by atoms with Gasteiger partial charge in [0.05, 0.1) is 16.6 Å². The first-order valence-corrected chi connectivity index (χ1v) is 10.8. The molecule has 0 aromatic heterocycles. The molecule has 1 heterocycles. The topological polar surface area (TPSA) is 37.4 Å². The van der Waals surface area contributed by atoms with Crippen LogP contribution in [0.2, 0.25) is 0 Å². The Labute approximate surface area is 167 Å². The summed E-state index contributed by atoms with van der Waals surface area (Å²) in [6.07, 6.45) is 1.86. The van der Waals surface area contributed by atoms with Gasteiger partial charge in [0, 0.05) is 5.92 Å². The van der Waals surface area contributed by atoms with Gasteiger partial charge in [0.1, 0.15) is 0 Å². The minimum absolute atomic E-state index is 0.112. The Morgan fingerprint density at radius 1 is 0.857 bits per heavy atom. The number of rotatable bonds is 4. The summed E-state index contributed by atoms with van der Waals surface area (Å²) in [5, 5.41) is 0. The zero-order chi connectivity index (χ0) is 19.9. The third kappa shape index (κ3) is 2.94. The average molecular weight is 390 g/mol. The zero-order valence-corrected chi connectivity index (χ0v) is 16.9. The molecule has 1 aliphatic heterocycles. The Morgan fingerprint density at radius 3 is 2.04 bits per heavy atom. The minimum atomic E-state index is -3.73. The molecule has 0 saturated carbocycles. The van der Waals surface area contributed by atoms with E-state index in [2.05, 4.69) is 6.58 Å². The molecule has 3 nitrogen and oxygen atoms in total. The van der Waals surface area contributed by atoms with E-state index in [-0.39, 0.29) is 12.0 Å². The van der Waals surface area contributed by atoms with Gasteiger partial charge in [0.2, 0.25) is 0 Å². The van der Waals surface area contributed by atoms with Crippen molar-refractivity contribution in [3.63, 3.8) is 0 Å². The molecule has 3 aromatic rings. The second kappa shape index (κ2) is 6.95. The van der Waals surface area contributed by atoms with Crippen molar-refractivity contribution in [3.8, 4) is 0 Å². The fourth-order valence-corrected chi connectivity index (χ4v) is 5.59. The van der Waals surface area contributed by atoms with Gasteiger partial charge in [-0.25, -0.2) is 8.42 Å². The molecule has 2 atom stereocenters. The Hall–Kier alpha value is -2.85. The lowest BCUT2D eigenvalue weighted by molar-refractivity contribution is 0.576. The molecule has 142 valence electrons. The summed E-state index contributed by atoms with van der Waals surface area (Å²) < 4.78 is 29.0. The highest BCUT2D eigenvalue weighted by atomic mass is 32.2. The molecule has 3 aromatic carbocycles. The SMILES string of the molecule is C=C[C@H]1c2ccccc2N(S(=O)(=O)c2ccc(C)cc2)[C@@H]1c1ccc(C)cc1. The molecule has 0 saturated heterocycles. The minimum Gasteiger partial charge on any atom is -0.258 e. The first-order valence-electron chi connectivity index (χ1n) is 9.32. The van der Waals surface area contributed by atoms with E-state index in [0.717, 1.165) is 27.9 Å². The lowest BCUT2D eigenvalue weighted by atomic mass is 9.90. The lowest BCUT2D eigenvalue weighted by Gasteiger charge is -2.29. The van der Waals surface area contributed by atoms with Gasteiger partial charge in [-0.05, 0) is 43.2 Å². The first-order chi connectivity index (χ1) is 13.4. The van der Waals surface area contributed by atoms with Crippen LogP contribution in [-0.4, -0.2) is 8.42 Å². The van der Waals surface area contributed by atoms with Crippen LogP contribution in [0.25, 0.3) is 0 Å². The summed E-state index contributed by atoms with van der Waals surface area (Å²) in [5.41, 5.74) is 4.84. The van der Waals surface area contributed by atoms with Crippen LogP contribution in [0.5, 0.6) is 0 Å². The van der Waals surface area contributed by atoms with E-state index in [1.807, 2.05) is 80.6 Å². The highest BCUT2D eigenvalue weighted by molar-refractivity contribution is 7.92. The maximum Gasteiger partial charge on any atom is 0.264 e. The summed E-state index contributed by atoms with van der Waals surface area (Å²) in [5.74, 6) is -0.112. The van der Waals surface area contributed by atoms with Crippen LogP contribution in [0.4, 0.5) is 5.69 Å². The van der Waals surface area contributed by atoms with Gasteiger partial charge in [0.15, 0.2) is 0 Å². The van der Waals surface area contributed by atoms with Gasteiger partial charge in [-0.2, -0.15) is 0 Å². The lowest BCUT2D eigenvalue weighted by Crippen LogP contribution is -2.33. The molecule has 0 bridgehead atoms. The van der Waals surface area contributed by atoms with E-state index in [0.29, 0.717) is 4.90 Å². The van der Waals surface area contributed by atoms with Crippen LogP contribution in [-0.2, 0) is 10.0 Å². The quantitative estimate of drug-likeness (QED) is 0.551. The van der Waals surface area contributed by atoms with Gasteiger partial charge in [-0.15, -0.1) is 6.58 Å². The summed E-state index contributed by atoms with van der Waals surface area (Å²) in [7, 11) is -3.73. The standard InChI is InChI=1S/C24H23NO2S/c1-4-21-22-7-5-6-8-23(22)25(24(21)19-13-9-17(2)10-14-19)28(26,27)20-15-11-18(3)12-16-20/h4-16,21,24H,1H2,2-3H3/t21-,24+/m0/s1. The van der Waals surface area contributed by atoms with Crippen LogP contribution >= 0.6 is 0 Å². The summed E-state index contributed by atoms with van der Waals surface area (Å²) in [6, 6.07) is 22.5. The van der Waals surface area contributed by atoms with Crippen molar-refractivity contribution in [2.24, 2.45) is 0 Å². The Bertz CT molecular complexity index is 1120. The summed E-state index contributed by atoms with van der Waals surface area (Å²) >= 11 is 0. The number of aryl methyl sites for hydroxylation is 2. The molecule has 0 unspecified atom stereocenters. The monoisotopic (exact) mass is 389 g/mol. The average Bonchev–Trinajstić information content (AvgIpc) is 3.04. The van der Waals surface area contributed by atoms with Gasteiger partial charge in [-0.3, -0.25) is 4.31 Å². The van der Waals surface area contributed by atoms with E-state index < -0.39 is 10.0 Å². The second-order valence-electron chi connectivity index (χ2n) is 7.29. The Kier molecular flexibility index (Phi) is 4.60. The third-order valence-electron chi connectivity index (χ3n) is 5.38. The number of fused-ring (bicyclic) bond motifs is 1. The van der Waals surface area contributed by atoms with Crippen molar-refractivity contribution >= 4 is 15.7 Å². The van der Waals surface area contributed by atoms with Crippen molar-refractivity contribution < 1.29 is 8.42 Å². The number of anilines is 1. The molecular formula is C24H23NO2S. The van der Waals surface area contributed by atoms with Gasteiger partial charge in [0.25, 0.3) is 10.0 Å². The van der Waals surface area contributed by atoms with Crippen molar-refractivity contribution in [3.05, 3.63) is 108 Å². The summed E-state index contributed by atoms with van der Waals surface area (Å²) in [4.78, 5) is 0.301. The van der Waals surface area contributed by atoms with E-state index >= 15 is 0 Å². The smallest absolute Gasteiger partial charge is 0.258 e. The summed E-state index contributed by atoms with van der Waals surface area (Å²) in [6.45, 7) is 7.99. The Morgan fingerprint density at radius 2 is 1.43 bits per heavy atom. The maximum atomic E-state index is 13.7. The van der Waals surface area contributed by atoms with Crippen LogP contribution in [0.15, 0.2) is 90.3 Å².